The number of methoxy groups -OCH3 is 1. The molecule has 0 radical (unpaired) electrons. The summed E-state index contributed by atoms with van der Waals surface area (Å²) in [6.45, 7) is 8.10. The number of nitrogens with zero attached hydrogens (tertiary/aromatic N) is 2. The zero-order chi connectivity index (χ0) is 24.2. The third-order valence-electron chi connectivity index (χ3n) is 4.91. The lowest BCUT2D eigenvalue weighted by molar-refractivity contribution is 0.0546. The molecule has 0 unspecified atom stereocenters. The fourth-order valence-electron chi connectivity index (χ4n) is 3.41. The molecule has 0 saturated carbocycles. The Labute approximate surface area is 193 Å². The fourth-order valence-corrected chi connectivity index (χ4v) is 3.41. The van der Waals surface area contributed by atoms with Gasteiger partial charge in [0.15, 0.2) is 0 Å². The van der Waals surface area contributed by atoms with Gasteiger partial charge in [0.05, 0.1) is 12.6 Å². The number of rotatable bonds is 6. The Kier molecular flexibility index (Phi) is 7.53. The standard InChI is InChI=1S/C24H30FN3O5/c1-15-14-32-22-19(28(15)23(30)33-24(2,3)4)13-17(12-16-6-8-18(25)9-7-16)20(27-22)21(29)26-10-11-31-5/h6-9,13,15H,10-12,14H2,1-5H3,(H,26,29)/t15-/m0/s1. The van der Waals surface area contributed by atoms with Gasteiger partial charge in [0.2, 0.25) is 5.88 Å². The summed E-state index contributed by atoms with van der Waals surface area (Å²) in [6, 6.07) is 7.43. The first-order valence-corrected chi connectivity index (χ1v) is 10.8. The van der Waals surface area contributed by atoms with E-state index in [1.165, 1.54) is 17.0 Å². The van der Waals surface area contributed by atoms with E-state index < -0.39 is 17.6 Å². The van der Waals surface area contributed by atoms with Gasteiger partial charge >= 0.3 is 6.09 Å². The van der Waals surface area contributed by atoms with Crippen LogP contribution in [0.5, 0.6) is 5.88 Å². The van der Waals surface area contributed by atoms with Crippen molar-refractivity contribution in [2.45, 2.75) is 45.8 Å². The lowest BCUT2D eigenvalue weighted by atomic mass is 10.0. The highest BCUT2D eigenvalue weighted by atomic mass is 19.1. The van der Waals surface area contributed by atoms with E-state index in [-0.39, 0.29) is 30.0 Å². The summed E-state index contributed by atoms with van der Waals surface area (Å²) in [7, 11) is 1.55. The molecule has 0 aliphatic carbocycles. The molecule has 0 bridgehead atoms. The van der Waals surface area contributed by atoms with Gasteiger partial charge < -0.3 is 19.5 Å². The van der Waals surface area contributed by atoms with Crippen molar-refractivity contribution in [1.29, 1.82) is 0 Å². The third-order valence-corrected chi connectivity index (χ3v) is 4.91. The van der Waals surface area contributed by atoms with Crippen LogP contribution in [0.4, 0.5) is 14.9 Å². The van der Waals surface area contributed by atoms with Crippen LogP contribution in [0.3, 0.4) is 0 Å². The molecule has 178 valence electrons. The maximum atomic E-state index is 13.4. The van der Waals surface area contributed by atoms with Crippen molar-refractivity contribution in [2.24, 2.45) is 0 Å². The van der Waals surface area contributed by atoms with E-state index in [4.69, 9.17) is 14.2 Å². The van der Waals surface area contributed by atoms with Crippen LogP contribution in [-0.2, 0) is 15.9 Å². The summed E-state index contributed by atoms with van der Waals surface area (Å²) in [5.41, 5.74) is 1.28. The second kappa shape index (κ2) is 10.2. The minimum absolute atomic E-state index is 0.174. The van der Waals surface area contributed by atoms with Crippen molar-refractivity contribution >= 4 is 17.7 Å². The summed E-state index contributed by atoms with van der Waals surface area (Å²) in [4.78, 5) is 31.8. The first kappa shape index (κ1) is 24.4. The van der Waals surface area contributed by atoms with Crippen LogP contribution in [0.2, 0.25) is 0 Å². The number of hydrogen-bond donors (Lipinski definition) is 1. The number of pyridine rings is 1. The number of anilines is 1. The van der Waals surface area contributed by atoms with Crippen molar-refractivity contribution in [3.8, 4) is 5.88 Å². The van der Waals surface area contributed by atoms with Crippen LogP contribution >= 0.6 is 0 Å². The number of benzene rings is 1. The molecule has 1 aliphatic heterocycles. The quantitative estimate of drug-likeness (QED) is 0.663. The molecular weight excluding hydrogens is 429 g/mol. The van der Waals surface area contributed by atoms with Gasteiger partial charge in [0.1, 0.15) is 29.4 Å². The Balaban J connectivity index is 2.03. The molecule has 1 aliphatic rings. The van der Waals surface area contributed by atoms with Crippen molar-refractivity contribution in [2.75, 3.05) is 31.8 Å². The largest absolute Gasteiger partial charge is 0.474 e. The molecular formula is C24H30FN3O5. The maximum Gasteiger partial charge on any atom is 0.415 e. The van der Waals surface area contributed by atoms with Crippen LogP contribution < -0.4 is 15.0 Å². The number of carbonyl (C=O) groups excluding carboxylic acids is 2. The molecule has 1 atom stereocenters. The number of fused-ring (bicyclic) bond motifs is 1. The van der Waals surface area contributed by atoms with Gasteiger partial charge in [-0.15, -0.1) is 0 Å². The number of ether oxygens (including phenoxy) is 3. The molecule has 0 fully saturated rings. The fraction of sp³-hybridized carbons (Fsp3) is 0.458. The molecule has 33 heavy (non-hydrogen) atoms. The number of nitrogens with one attached hydrogen (secondary N) is 1. The van der Waals surface area contributed by atoms with E-state index in [1.807, 2.05) is 6.92 Å². The summed E-state index contributed by atoms with van der Waals surface area (Å²) < 4.78 is 29.7. The SMILES string of the molecule is COCCNC(=O)c1nc2c(cc1Cc1ccc(F)cc1)N(C(=O)OC(C)(C)C)[C@@H](C)CO2. The van der Waals surface area contributed by atoms with E-state index in [0.29, 0.717) is 30.8 Å². The number of halogens is 1. The highest BCUT2D eigenvalue weighted by Gasteiger charge is 2.35. The average Bonchev–Trinajstić information content (AvgIpc) is 2.73. The van der Waals surface area contributed by atoms with E-state index >= 15 is 0 Å². The van der Waals surface area contributed by atoms with Crippen LogP contribution in [0.25, 0.3) is 0 Å². The highest BCUT2D eigenvalue weighted by Crippen LogP contribution is 2.36. The second-order valence-corrected chi connectivity index (χ2v) is 8.88. The van der Waals surface area contributed by atoms with Gasteiger partial charge in [-0.25, -0.2) is 14.2 Å². The van der Waals surface area contributed by atoms with E-state index in [9.17, 15) is 14.0 Å². The van der Waals surface area contributed by atoms with Crippen LogP contribution in [-0.4, -0.2) is 55.5 Å². The van der Waals surface area contributed by atoms with Gasteiger partial charge in [-0.05, 0) is 63.4 Å². The van der Waals surface area contributed by atoms with Gasteiger partial charge in [-0.3, -0.25) is 9.69 Å². The number of hydrogen-bond acceptors (Lipinski definition) is 6. The van der Waals surface area contributed by atoms with Crippen molar-refractivity contribution in [1.82, 2.24) is 10.3 Å². The van der Waals surface area contributed by atoms with Gasteiger partial charge in [-0.1, -0.05) is 12.1 Å². The molecule has 3 rings (SSSR count). The van der Waals surface area contributed by atoms with Crippen molar-refractivity contribution in [3.63, 3.8) is 0 Å². The Morgan fingerprint density at radius 1 is 1.27 bits per heavy atom. The molecule has 1 aromatic heterocycles. The molecule has 0 spiro atoms. The van der Waals surface area contributed by atoms with E-state index in [2.05, 4.69) is 10.3 Å². The average molecular weight is 460 g/mol. The number of amides is 2. The minimum atomic E-state index is -0.680. The topological polar surface area (TPSA) is 90.0 Å². The van der Waals surface area contributed by atoms with Crippen LogP contribution in [0.1, 0.15) is 49.3 Å². The summed E-state index contributed by atoms with van der Waals surface area (Å²) in [6.07, 6.45) is -0.212. The molecule has 9 heteroatoms. The van der Waals surface area contributed by atoms with Crippen molar-refractivity contribution in [3.05, 3.63) is 53.0 Å². The molecule has 2 amide bonds. The zero-order valence-corrected chi connectivity index (χ0v) is 19.6. The van der Waals surface area contributed by atoms with Gasteiger partial charge in [0, 0.05) is 13.7 Å². The van der Waals surface area contributed by atoms with Gasteiger partial charge in [-0.2, -0.15) is 0 Å². The Hall–Kier alpha value is -3.20. The Bertz CT molecular complexity index is 1000. The third kappa shape index (κ3) is 6.19. The zero-order valence-electron chi connectivity index (χ0n) is 19.6. The van der Waals surface area contributed by atoms with E-state index in [1.54, 1.807) is 46.1 Å². The second-order valence-electron chi connectivity index (χ2n) is 8.88. The predicted octanol–water partition coefficient (Wildman–Crippen LogP) is 3.71. The molecule has 0 saturated heterocycles. The molecule has 2 heterocycles. The summed E-state index contributed by atoms with van der Waals surface area (Å²) >= 11 is 0. The monoisotopic (exact) mass is 459 g/mol. The first-order valence-electron chi connectivity index (χ1n) is 10.8. The lowest BCUT2D eigenvalue weighted by Gasteiger charge is -2.36. The summed E-state index contributed by atoms with van der Waals surface area (Å²) in [5, 5.41) is 2.77. The predicted molar refractivity (Wildman–Crippen MR) is 121 cm³/mol. The number of carbonyl (C=O) groups is 2. The molecule has 1 N–H and O–H groups in total. The number of aromatic nitrogens is 1. The molecule has 2 aromatic rings. The van der Waals surface area contributed by atoms with E-state index in [0.717, 1.165) is 5.56 Å². The highest BCUT2D eigenvalue weighted by molar-refractivity contribution is 5.96. The normalized spacial score (nSPS) is 15.5. The van der Waals surface area contributed by atoms with Gasteiger partial charge in [0.25, 0.3) is 5.91 Å². The summed E-state index contributed by atoms with van der Waals surface area (Å²) in [5.74, 6) is -0.560. The Morgan fingerprint density at radius 2 is 1.97 bits per heavy atom. The molecule has 8 nitrogen and oxygen atoms in total. The van der Waals surface area contributed by atoms with Crippen molar-refractivity contribution < 1.29 is 28.2 Å². The maximum absolute atomic E-state index is 13.4. The lowest BCUT2D eigenvalue weighted by Crippen LogP contribution is -2.47. The van der Waals surface area contributed by atoms with Crippen LogP contribution in [0, 0.1) is 5.82 Å². The Morgan fingerprint density at radius 3 is 2.61 bits per heavy atom. The minimum Gasteiger partial charge on any atom is -0.474 e. The first-order chi connectivity index (χ1) is 15.6. The van der Waals surface area contributed by atoms with Crippen LogP contribution in [0.15, 0.2) is 30.3 Å². The smallest absolute Gasteiger partial charge is 0.415 e. The molecule has 1 aromatic carbocycles.